The number of benzene rings is 1. The van der Waals surface area contributed by atoms with Crippen LogP contribution in [0.25, 0.3) is 10.2 Å². The first kappa shape index (κ1) is 13.7. The van der Waals surface area contributed by atoms with Crippen molar-refractivity contribution in [3.8, 4) is 0 Å². The Bertz CT molecular complexity index is 637. The van der Waals surface area contributed by atoms with Gasteiger partial charge in [-0.3, -0.25) is 0 Å². The molecule has 0 amide bonds. The van der Waals surface area contributed by atoms with Gasteiger partial charge in [0.2, 0.25) is 0 Å². The molecule has 3 unspecified atom stereocenters. The number of thiazole rings is 1. The van der Waals surface area contributed by atoms with Crippen LogP contribution in [-0.2, 0) is 6.54 Å². The molecule has 1 aromatic carbocycles. The van der Waals surface area contributed by atoms with E-state index in [1.807, 2.05) is 11.3 Å². The van der Waals surface area contributed by atoms with Gasteiger partial charge in [0.25, 0.3) is 0 Å². The first-order valence-electron chi connectivity index (χ1n) is 8.07. The summed E-state index contributed by atoms with van der Waals surface area (Å²) in [6.07, 6.45) is 4.21. The van der Waals surface area contributed by atoms with E-state index in [1.165, 1.54) is 29.0 Å². The van der Waals surface area contributed by atoms with Crippen LogP contribution in [-0.4, -0.2) is 11.0 Å². The van der Waals surface area contributed by atoms with E-state index in [4.69, 9.17) is 4.98 Å². The predicted octanol–water partition coefficient (Wildman–Crippen LogP) is 4.60. The molecule has 21 heavy (non-hydrogen) atoms. The number of nitrogens with zero attached hydrogens (tertiary/aromatic N) is 1. The maximum atomic E-state index is 4.76. The van der Waals surface area contributed by atoms with Crippen molar-refractivity contribution in [1.82, 2.24) is 10.3 Å². The number of hydrogen-bond acceptors (Lipinski definition) is 3. The van der Waals surface area contributed by atoms with E-state index in [0.717, 1.165) is 18.0 Å². The van der Waals surface area contributed by atoms with Crippen LogP contribution in [0.1, 0.15) is 45.0 Å². The highest BCUT2D eigenvalue weighted by Gasteiger charge is 2.58. The highest BCUT2D eigenvalue weighted by atomic mass is 32.1. The van der Waals surface area contributed by atoms with Crippen molar-refractivity contribution in [2.24, 2.45) is 16.7 Å². The van der Waals surface area contributed by atoms with Crippen molar-refractivity contribution in [3.05, 3.63) is 29.3 Å². The number of nitrogens with one attached hydrogen (secondary N) is 1. The molecule has 0 spiro atoms. The van der Waals surface area contributed by atoms with E-state index in [1.54, 1.807) is 0 Å². The number of para-hydroxylation sites is 1. The normalized spacial score (nSPS) is 33.9. The first-order chi connectivity index (χ1) is 9.99. The Hall–Kier alpha value is -0.930. The molecule has 112 valence electrons. The summed E-state index contributed by atoms with van der Waals surface area (Å²) in [6, 6.07) is 9.06. The zero-order valence-corrected chi connectivity index (χ0v) is 14.0. The molecule has 1 heterocycles. The summed E-state index contributed by atoms with van der Waals surface area (Å²) in [7, 11) is 0. The Morgan fingerprint density at radius 3 is 2.81 bits per heavy atom. The van der Waals surface area contributed by atoms with Crippen molar-refractivity contribution in [2.45, 2.75) is 52.6 Å². The Kier molecular flexibility index (Phi) is 2.96. The molecule has 2 fully saturated rings. The van der Waals surface area contributed by atoms with Gasteiger partial charge >= 0.3 is 0 Å². The van der Waals surface area contributed by atoms with Crippen molar-refractivity contribution in [2.75, 3.05) is 0 Å². The second-order valence-corrected chi connectivity index (χ2v) is 8.92. The molecule has 3 atom stereocenters. The summed E-state index contributed by atoms with van der Waals surface area (Å²) in [5, 5.41) is 5.09. The standard InChI is InChI=1S/C18H24N2S/c1-17(2)12-8-9-18(3,10-12)16(17)19-11-15-20-13-6-4-5-7-14(13)21-15/h4-7,12,16,19H,8-11H2,1-3H3. The second kappa shape index (κ2) is 4.53. The molecule has 4 rings (SSSR count). The fourth-order valence-electron chi connectivity index (χ4n) is 5.00. The lowest BCUT2D eigenvalue weighted by atomic mass is 9.68. The topological polar surface area (TPSA) is 24.9 Å². The third kappa shape index (κ3) is 2.05. The van der Waals surface area contributed by atoms with Crippen molar-refractivity contribution in [1.29, 1.82) is 0 Å². The third-order valence-corrected chi connectivity index (χ3v) is 7.10. The van der Waals surface area contributed by atoms with Crippen LogP contribution in [0.2, 0.25) is 0 Å². The van der Waals surface area contributed by atoms with Gasteiger partial charge in [0.05, 0.1) is 10.2 Å². The van der Waals surface area contributed by atoms with E-state index in [9.17, 15) is 0 Å². The van der Waals surface area contributed by atoms with Crippen LogP contribution in [0.4, 0.5) is 0 Å². The number of aromatic nitrogens is 1. The molecule has 2 aliphatic rings. The maximum absolute atomic E-state index is 4.76. The Balaban J connectivity index is 1.54. The molecule has 1 aromatic heterocycles. The van der Waals surface area contributed by atoms with Crippen LogP contribution in [0.3, 0.4) is 0 Å². The van der Waals surface area contributed by atoms with Gasteiger partial charge in [-0.2, -0.15) is 0 Å². The average molecular weight is 300 g/mol. The zero-order chi connectivity index (χ0) is 14.7. The highest BCUT2D eigenvalue weighted by molar-refractivity contribution is 7.18. The van der Waals surface area contributed by atoms with Gasteiger partial charge in [0, 0.05) is 12.6 Å². The number of hydrogen-bond donors (Lipinski definition) is 1. The molecular formula is C18H24N2S. The quantitative estimate of drug-likeness (QED) is 0.896. The monoisotopic (exact) mass is 300 g/mol. The molecule has 0 aliphatic heterocycles. The van der Waals surface area contributed by atoms with E-state index < -0.39 is 0 Å². The molecule has 0 saturated heterocycles. The fraction of sp³-hybridized carbons (Fsp3) is 0.611. The first-order valence-corrected chi connectivity index (χ1v) is 8.88. The van der Waals surface area contributed by atoms with E-state index in [2.05, 4.69) is 50.4 Å². The fourth-order valence-corrected chi connectivity index (χ4v) is 5.91. The summed E-state index contributed by atoms with van der Waals surface area (Å²) in [6.45, 7) is 8.31. The van der Waals surface area contributed by atoms with Gasteiger partial charge in [0.15, 0.2) is 0 Å². The Morgan fingerprint density at radius 2 is 2.10 bits per heavy atom. The lowest BCUT2D eigenvalue weighted by Gasteiger charge is -2.43. The summed E-state index contributed by atoms with van der Waals surface area (Å²) < 4.78 is 1.30. The number of rotatable bonds is 3. The summed E-state index contributed by atoms with van der Waals surface area (Å²) in [5.74, 6) is 0.898. The molecule has 1 N–H and O–H groups in total. The average Bonchev–Trinajstić information content (AvgIpc) is 3.06. The van der Waals surface area contributed by atoms with Crippen molar-refractivity contribution >= 4 is 21.6 Å². The van der Waals surface area contributed by atoms with Crippen molar-refractivity contribution in [3.63, 3.8) is 0 Å². The molecule has 2 aromatic rings. The van der Waals surface area contributed by atoms with Crippen LogP contribution >= 0.6 is 11.3 Å². The highest BCUT2D eigenvalue weighted by Crippen LogP contribution is 2.62. The third-order valence-electron chi connectivity index (χ3n) is 6.07. The van der Waals surface area contributed by atoms with E-state index >= 15 is 0 Å². The predicted molar refractivity (Wildman–Crippen MR) is 89.5 cm³/mol. The number of fused-ring (bicyclic) bond motifs is 3. The van der Waals surface area contributed by atoms with Gasteiger partial charge in [-0.1, -0.05) is 32.9 Å². The van der Waals surface area contributed by atoms with Gasteiger partial charge < -0.3 is 5.32 Å². The zero-order valence-electron chi connectivity index (χ0n) is 13.1. The minimum Gasteiger partial charge on any atom is -0.307 e. The molecule has 2 nitrogen and oxygen atoms in total. The Labute approximate surface area is 131 Å². The van der Waals surface area contributed by atoms with E-state index in [0.29, 0.717) is 16.9 Å². The summed E-state index contributed by atoms with van der Waals surface area (Å²) in [4.78, 5) is 4.76. The second-order valence-electron chi connectivity index (χ2n) is 7.80. The van der Waals surface area contributed by atoms with Gasteiger partial charge in [0.1, 0.15) is 5.01 Å². The SMILES string of the molecule is CC12CCC(C1)C(C)(C)C2NCc1nc2ccccc2s1. The lowest BCUT2D eigenvalue weighted by molar-refractivity contribution is 0.108. The molecule has 2 aliphatic carbocycles. The van der Waals surface area contributed by atoms with Crippen LogP contribution < -0.4 is 5.32 Å². The van der Waals surface area contributed by atoms with Crippen LogP contribution in [0, 0.1) is 16.7 Å². The lowest BCUT2D eigenvalue weighted by Crippen LogP contribution is -2.49. The largest absolute Gasteiger partial charge is 0.307 e. The van der Waals surface area contributed by atoms with Crippen molar-refractivity contribution < 1.29 is 0 Å². The van der Waals surface area contributed by atoms with Crippen LogP contribution in [0.15, 0.2) is 24.3 Å². The summed E-state index contributed by atoms with van der Waals surface area (Å²) >= 11 is 1.83. The molecular weight excluding hydrogens is 276 g/mol. The van der Waals surface area contributed by atoms with E-state index in [-0.39, 0.29) is 0 Å². The minimum absolute atomic E-state index is 0.420. The molecule has 2 bridgehead atoms. The Morgan fingerprint density at radius 1 is 1.29 bits per heavy atom. The summed E-state index contributed by atoms with van der Waals surface area (Å²) in [5.41, 5.74) is 2.05. The van der Waals surface area contributed by atoms with Crippen LogP contribution in [0.5, 0.6) is 0 Å². The molecule has 2 saturated carbocycles. The van der Waals surface area contributed by atoms with Gasteiger partial charge in [-0.15, -0.1) is 11.3 Å². The molecule has 0 radical (unpaired) electrons. The van der Waals surface area contributed by atoms with Gasteiger partial charge in [-0.25, -0.2) is 4.98 Å². The maximum Gasteiger partial charge on any atom is 0.108 e. The smallest absolute Gasteiger partial charge is 0.108 e. The van der Waals surface area contributed by atoms with Gasteiger partial charge in [-0.05, 0) is 48.1 Å². The molecule has 3 heteroatoms. The minimum atomic E-state index is 0.420.